The van der Waals surface area contributed by atoms with E-state index in [9.17, 15) is 9.59 Å². The largest absolute Gasteiger partial charge is 0.376 e. The van der Waals surface area contributed by atoms with Crippen molar-refractivity contribution in [2.24, 2.45) is 7.05 Å². The van der Waals surface area contributed by atoms with Gasteiger partial charge in [-0.05, 0) is 25.7 Å². The number of aromatic nitrogens is 3. The standard InChI is InChI=1S/C18H25N5O3/c1-12(24)20-13-4-5-18(26-3)6-7-22(15(18)10-13)17(25)14-11-19-23-9-8-21(2)16(14)23/h8-9,11,13,15H,4-7,10H2,1-3H3,(H,20,24)/t13-,15+,18-/m1/s1. The van der Waals surface area contributed by atoms with E-state index in [1.165, 1.54) is 6.92 Å². The number of likely N-dealkylation sites (tertiary alicyclic amines) is 1. The molecule has 1 aliphatic carbocycles. The van der Waals surface area contributed by atoms with Gasteiger partial charge in [-0.2, -0.15) is 5.10 Å². The van der Waals surface area contributed by atoms with Gasteiger partial charge in [0, 0.05) is 46.1 Å². The molecule has 1 saturated heterocycles. The maximum atomic E-state index is 13.3. The molecule has 3 atom stereocenters. The lowest BCUT2D eigenvalue weighted by Gasteiger charge is -2.43. The predicted octanol–water partition coefficient (Wildman–Crippen LogP) is 0.961. The van der Waals surface area contributed by atoms with E-state index in [-0.39, 0.29) is 29.5 Å². The number of hydrogen-bond donors (Lipinski definition) is 1. The Balaban J connectivity index is 1.64. The van der Waals surface area contributed by atoms with E-state index in [4.69, 9.17) is 4.74 Å². The zero-order valence-corrected chi connectivity index (χ0v) is 15.4. The number of aryl methyl sites for hydroxylation is 1. The zero-order chi connectivity index (χ0) is 18.5. The first-order valence-electron chi connectivity index (χ1n) is 9.07. The number of amides is 2. The minimum Gasteiger partial charge on any atom is -0.376 e. The lowest BCUT2D eigenvalue weighted by molar-refractivity contribution is -0.121. The van der Waals surface area contributed by atoms with Crippen LogP contribution in [0.5, 0.6) is 0 Å². The van der Waals surface area contributed by atoms with Crippen LogP contribution in [0.2, 0.25) is 0 Å². The van der Waals surface area contributed by atoms with E-state index in [0.29, 0.717) is 12.1 Å². The van der Waals surface area contributed by atoms with E-state index in [2.05, 4.69) is 10.4 Å². The highest BCUT2D eigenvalue weighted by Crippen LogP contribution is 2.43. The van der Waals surface area contributed by atoms with Crippen LogP contribution in [0, 0.1) is 0 Å². The molecule has 0 aromatic carbocycles. The Morgan fingerprint density at radius 2 is 2.15 bits per heavy atom. The number of hydrogen-bond acceptors (Lipinski definition) is 4. The number of nitrogens with one attached hydrogen (secondary N) is 1. The Bertz CT molecular complexity index is 856. The first-order chi connectivity index (χ1) is 12.4. The van der Waals surface area contributed by atoms with E-state index in [1.807, 2.05) is 28.9 Å². The van der Waals surface area contributed by atoms with Crippen molar-refractivity contribution in [1.29, 1.82) is 0 Å². The fourth-order valence-corrected chi connectivity index (χ4v) is 4.71. The molecule has 2 aromatic rings. The van der Waals surface area contributed by atoms with E-state index >= 15 is 0 Å². The number of imidazole rings is 1. The fraction of sp³-hybridized carbons (Fsp3) is 0.611. The number of carbonyl (C=O) groups is 2. The van der Waals surface area contributed by atoms with Crippen molar-refractivity contribution in [3.63, 3.8) is 0 Å². The Morgan fingerprint density at radius 1 is 1.35 bits per heavy atom. The van der Waals surface area contributed by atoms with Gasteiger partial charge in [-0.25, -0.2) is 4.52 Å². The molecular formula is C18H25N5O3. The van der Waals surface area contributed by atoms with Crippen LogP contribution < -0.4 is 5.32 Å². The summed E-state index contributed by atoms with van der Waals surface area (Å²) >= 11 is 0. The number of nitrogens with zero attached hydrogens (tertiary/aromatic N) is 4. The second-order valence-electron chi connectivity index (χ2n) is 7.44. The van der Waals surface area contributed by atoms with Crippen LogP contribution >= 0.6 is 0 Å². The highest BCUT2D eigenvalue weighted by Gasteiger charge is 2.53. The summed E-state index contributed by atoms with van der Waals surface area (Å²) in [4.78, 5) is 26.7. The van der Waals surface area contributed by atoms with Crippen molar-refractivity contribution < 1.29 is 14.3 Å². The van der Waals surface area contributed by atoms with E-state index < -0.39 is 0 Å². The van der Waals surface area contributed by atoms with Gasteiger partial charge < -0.3 is 19.5 Å². The second kappa shape index (κ2) is 6.12. The van der Waals surface area contributed by atoms with Crippen molar-refractivity contribution in [3.05, 3.63) is 24.2 Å². The van der Waals surface area contributed by atoms with Gasteiger partial charge in [-0.3, -0.25) is 9.59 Å². The van der Waals surface area contributed by atoms with Crippen LogP contribution in [0.15, 0.2) is 18.6 Å². The molecule has 8 nitrogen and oxygen atoms in total. The summed E-state index contributed by atoms with van der Waals surface area (Å²) < 4.78 is 9.54. The van der Waals surface area contributed by atoms with Gasteiger partial charge in [0.2, 0.25) is 5.91 Å². The van der Waals surface area contributed by atoms with Gasteiger partial charge in [0.05, 0.1) is 17.8 Å². The first kappa shape index (κ1) is 17.1. The van der Waals surface area contributed by atoms with Crippen molar-refractivity contribution in [2.75, 3.05) is 13.7 Å². The maximum absolute atomic E-state index is 13.3. The topological polar surface area (TPSA) is 80.9 Å². The van der Waals surface area contributed by atoms with Crippen LogP contribution in [0.3, 0.4) is 0 Å². The Kier molecular flexibility index (Phi) is 4.02. The molecule has 0 unspecified atom stereocenters. The zero-order valence-electron chi connectivity index (χ0n) is 15.4. The molecule has 1 saturated carbocycles. The molecule has 2 aromatic heterocycles. The third-order valence-electron chi connectivity index (χ3n) is 6.02. The molecule has 0 spiro atoms. The van der Waals surface area contributed by atoms with Gasteiger partial charge in [0.15, 0.2) is 0 Å². The Hall–Kier alpha value is -2.35. The number of methoxy groups -OCH3 is 1. The highest BCUT2D eigenvalue weighted by atomic mass is 16.5. The van der Waals surface area contributed by atoms with E-state index in [0.717, 1.165) is 31.3 Å². The highest BCUT2D eigenvalue weighted by molar-refractivity contribution is 6.00. The van der Waals surface area contributed by atoms with Gasteiger partial charge in [0.1, 0.15) is 11.2 Å². The molecule has 1 N–H and O–H groups in total. The average Bonchev–Trinajstić information content (AvgIpc) is 3.29. The van der Waals surface area contributed by atoms with Gasteiger partial charge in [-0.15, -0.1) is 0 Å². The summed E-state index contributed by atoms with van der Waals surface area (Å²) in [5.41, 5.74) is 1.08. The molecule has 2 aliphatic rings. The molecule has 4 rings (SSSR count). The molecular weight excluding hydrogens is 334 g/mol. The smallest absolute Gasteiger partial charge is 0.259 e. The second-order valence-corrected chi connectivity index (χ2v) is 7.44. The van der Waals surface area contributed by atoms with Gasteiger partial charge in [0.25, 0.3) is 5.91 Å². The van der Waals surface area contributed by atoms with Gasteiger partial charge in [-0.1, -0.05) is 0 Å². The Morgan fingerprint density at radius 3 is 2.88 bits per heavy atom. The summed E-state index contributed by atoms with van der Waals surface area (Å²) in [6.45, 7) is 2.20. The molecule has 0 bridgehead atoms. The summed E-state index contributed by atoms with van der Waals surface area (Å²) in [6, 6.07) is 0.0391. The van der Waals surface area contributed by atoms with Crippen LogP contribution in [0.4, 0.5) is 0 Å². The van der Waals surface area contributed by atoms with Crippen LogP contribution in [0.25, 0.3) is 5.65 Å². The minimum atomic E-state index is -0.314. The summed E-state index contributed by atoms with van der Waals surface area (Å²) in [7, 11) is 3.64. The predicted molar refractivity (Wildman–Crippen MR) is 94.8 cm³/mol. The molecule has 3 heterocycles. The molecule has 2 amide bonds. The van der Waals surface area contributed by atoms with Crippen molar-refractivity contribution in [3.8, 4) is 0 Å². The van der Waals surface area contributed by atoms with Crippen molar-refractivity contribution in [1.82, 2.24) is 24.4 Å². The molecule has 26 heavy (non-hydrogen) atoms. The summed E-state index contributed by atoms with van der Waals surface area (Å²) in [5, 5.41) is 7.30. The normalized spacial score (nSPS) is 28.3. The van der Waals surface area contributed by atoms with Crippen LogP contribution in [-0.2, 0) is 16.6 Å². The number of carbonyl (C=O) groups excluding carboxylic acids is 2. The van der Waals surface area contributed by atoms with Crippen molar-refractivity contribution in [2.45, 2.75) is 50.3 Å². The van der Waals surface area contributed by atoms with Crippen LogP contribution in [0.1, 0.15) is 43.0 Å². The number of rotatable bonds is 3. The maximum Gasteiger partial charge on any atom is 0.259 e. The molecule has 140 valence electrons. The fourth-order valence-electron chi connectivity index (χ4n) is 4.71. The monoisotopic (exact) mass is 359 g/mol. The summed E-state index contributed by atoms with van der Waals surface area (Å²) in [6.07, 6.45) is 8.62. The van der Waals surface area contributed by atoms with E-state index in [1.54, 1.807) is 17.8 Å². The molecule has 1 aliphatic heterocycles. The molecule has 0 radical (unpaired) electrons. The number of ether oxygens (including phenoxy) is 1. The van der Waals surface area contributed by atoms with Crippen molar-refractivity contribution >= 4 is 17.5 Å². The third kappa shape index (κ3) is 2.51. The SMILES string of the molecule is CO[C@@]12CC[C@@H](NC(C)=O)C[C@@H]1N(C(=O)c1cnn3ccn(C)c13)CC2. The molecule has 8 heteroatoms. The quantitative estimate of drug-likeness (QED) is 0.885. The van der Waals surface area contributed by atoms with Crippen LogP contribution in [-0.4, -0.2) is 62.2 Å². The Labute approximate surface area is 152 Å². The lowest BCUT2D eigenvalue weighted by atomic mass is 9.78. The third-order valence-corrected chi connectivity index (χ3v) is 6.02. The summed E-state index contributed by atoms with van der Waals surface area (Å²) in [5.74, 6) is -0.0489. The lowest BCUT2D eigenvalue weighted by Crippen LogP contribution is -2.55. The average molecular weight is 359 g/mol. The first-order valence-corrected chi connectivity index (χ1v) is 9.07. The molecule has 2 fully saturated rings. The minimum absolute atomic E-state index is 0.0193. The number of fused-ring (bicyclic) bond motifs is 2. The van der Waals surface area contributed by atoms with Gasteiger partial charge >= 0.3 is 0 Å².